The Morgan fingerprint density at radius 2 is 1.63 bits per heavy atom. The van der Waals surface area contributed by atoms with Gasteiger partial charge in [0.05, 0.1) is 11.1 Å². The number of para-hydroxylation sites is 1. The van der Waals surface area contributed by atoms with Crippen molar-refractivity contribution in [3.8, 4) is 22.5 Å². The molecule has 0 spiro atoms. The van der Waals surface area contributed by atoms with E-state index in [4.69, 9.17) is 9.97 Å². The van der Waals surface area contributed by atoms with E-state index in [1.165, 1.54) is 0 Å². The Balaban J connectivity index is 1.75. The van der Waals surface area contributed by atoms with Crippen LogP contribution in [0.2, 0.25) is 0 Å². The van der Waals surface area contributed by atoms with Crippen molar-refractivity contribution in [2.75, 3.05) is 32.5 Å². The van der Waals surface area contributed by atoms with Crippen LogP contribution in [0.15, 0.2) is 60.7 Å². The predicted octanol–water partition coefficient (Wildman–Crippen LogP) is 6.79. The first-order valence-electron chi connectivity index (χ1n) is 11.3. The first-order chi connectivity index (χ1) is 16.6. The topological polar surface area (TPSA) is 41.0 Å². The Morgan fingerprint density at radius 1 is 0.886 bits per heavy atom. The standard InChI is InChI=1S/C27H26F4N4/c1-17-7-4-10-23-24(17)33-25(34-26(23)32-11-6-12-35(2)3)19-9-5-8-18(13-19)20-14-21(27(29,30)31)16-22(28)15-20/h4-5,7-10,13-16H,6,11-12H2,1-3H3,(H,32,33,34). The fraction of sp³-hybridized carbons (Fsp3) is 0.259. The average Bonchev–Trinajstić information content (AvgIpc) is 2.81. The van der Waals surface area contributed by atoms with Crippen molar-refractivity contribution < 1.29 is 17.6 Å². The maximum Gasteiger partial charge on any atom is 0.416 e. The Bertz CT molecular complexity index is 1350. The van der Waals surface area contributed by atoms with Crippen molar-refractivity contribution in [1.82, 2.24) is 14.9 Å². The van der Waals surface area contributed by atoms with E-state index in [1.54, 1.807) is 24.3 Å². The summed E-state index contributed by atoms with van der Waals surface area (Å²) < 4.78 is 53.6. The highest BCUT2D eigenvalue weighted by Crippen LogP contribution is 2.34. The monoisotopic (exact) mass is 482 g/mol. The third kappa shape index (κ3) is 5.77. The van der Waals surface area contributed by atoms with Gasteiger partial charge in [-0.25, -0.2) is 14.4 Å². The number of fused-ring (bicyclic) bond motifs is 1. The number of hydrogen-bond acceptors (Lipinski definition) is 4. The molecule has 0 unspecified atom stereocenters. The van der Waals surface area contributed by atoms with Gasteiger partial charge >= 0.3 is 6.18 Å². The number of nitrogens with one attached hydrogen (secondary N) is 1. The van der Waals surface area contributed by atoms with Crippen LogP contribution in [0.3, 0.4) is 0 Å². The molecule has 4 aromatic rings. The van der Waals surface area contributed by atoms with E-state index in [-0.39, 0.29) is 5.56 Å². The molecular formula is C27H26F4N4. The van der Waals surface area contributed by atoms with E-state index in [1.807, 2.05) is 39.2 Å². The molecule has 0 bridgehead atoms. The van der Waals surface area contributed by atoms with Crippen molar-refractivity contribution >= 4 is 16.7 Å². The van der Waals surface area contributed by atoms with Gasteiger partial charge in [0, 0.05) is 17.5 Å². The largest absolute Gasteiger partial charge is 0.416 e. The molecule has 4 rings (SSSR count). The molecule has 0 amide bonds. The number of halogens is 4. The molecular weight excluding hydrogens is 456 g/mol. The highest BCUT2D eigenvalue weighted by atomic mass is 19.4. The Morgan fingerprint density at radius 3 is 2.37 bits per heavy atom. The molecule has 1 aromatic heterocycles. The molecule has 182 valence electrons. The molecule has 0 saturated heterocycles. The van der Waals surface area contributed by atoms with Gasteiger partial charge in [-0.15, -0.1) is 0 Å². The highest BCUT2D eigenvalue weighted by Gasteiger charge is 2.31. The lowest BCUT2D eigenvalue weighted by molar-refractivity contribution is -0.137. The van der Waals surface area contributed by atoms with Gasteiger partial charge < -0.3 is 10.2 Å². The van der Waals surface area contributed by atoms with Gasteiger partial charge in [0.25, 0.3) is 0 Å². The Hall–Kier alpha value is -3.52. The lowest BCUT2D eigenvalue weighted by atomic mass is 10.00. The summed E-state index contributed by atoms with van der Waals surface area (Å²) in [7, 11) is 4.04. The minimum atomic E-state index is -4.64. The molecule has 0 fully saturated rings. The molecule has 1 heterocycles. The van der Waals surface area contributed by atoms with Crippen molar-refractivity contribution in [2.24, 2.45) is 0 Å². The third-order valence-corrected chi connectivity index (χ3v) is 5.68. The summed E-state index contributed by atoms with van der Waals surface area (Å²) in [4.78, 5) is 11.6. The Kier molecular flexibility index (Phi) is 7.03. The van der Waals surface area contributed by atoms with Gasteiger partial charge in [-0.3, -0.25) is 0 Å². The van der Waals surface area contributed by atoms with Gasteiger partial charge in [0.1, 0.15) is 11.6 Å². The van der Waals surface area contributed by atoms with Crippen LogP contribution in [0, 0.1) is 12.7 Å². The van der Waals surface area contributed by atoms with Gasteiger partial charge in [0.15, 0.2) is 5.82 Å². The molecule has 8 heteroatoms. The normalized spacial score (nSPS) is 11.9. The molecule has 1 N–H and O–H groups in total. The number of hydrogen-bond donors (Lipinski definition) is 1. The van der Waals surface area contributed by atoms with Crippen LogP contribution in [-0.2, 0) is 6.18 Å². The van der Waals surface area contributed by atoms with Crippen LogP contribution in [-0.4, -0.2) is 42.1 Å². The predicted molar refractivity (Wildman–Crippen MR) is 132 cm³/mol. The number of benzene rings is 3. The van der Waals surface area contributed by atoms with E-state index in [0.717, 1.165) is 48.1 Å². The highest BCUT2D eigenvalue weighted by molar-refractivity contribution is 5.92. The fourth-order valence-electron chi connectivity index (χ4n) is 3.92. The molecule has 0 atom stereocenters. The van der Waals surface area contributed by atoms with Gasteiger partial charge in [-0.1, -0.05) is 30.3 Å². The number of aromatic nitrogens is 2. The second kappa shape index (κ2) is 10.00. The molecule has 3 aromatic carbocycles. The number of alkyl halides is 3. The van der Waals surface area contributed by atoms with Crippen molar-refractivity contribution in [1.29, 1.82) is 0 Å². The molecule has 0 aliphatic heterocycles. The van der Waals surface area contributed by atoms with Crippen LogP contribution in [0.5, 0.6) is 0 Å². The zero-order chi connectivity index (χ0) is 25.2. The second-order valence-electron chi connectivity index (χ2n) is 8.76. The van der Waals surface area contributed by atoms with Crippen LogP contribution in [0.4, 0.5) is 23.4 Å². The van der Waals surface area contributed by atoms with Crippen molar-refractivity contribution in [2.45, 2.75) is 19.5 Å². The van der Waals surface area contributed by atoms with Crippen molar-refractivity contribution in [3.05, 3.63) is 77.6 Å². The van der Waals surface area contributed by atoms with Gasteiger partial charge in [0.2, 0.25) is 0 Å². The summed E-state index contributed by atoms with van der Waals surface area (Å²) in [5.41, 5.74) is 1.96. The van der Waals surface area contributed by atoms with Crippen LogP contribution < -0.4 is 5.32 Å². The fourth-order valence-corrected chi connectivity index (χ4v) is 3.92. The second-order valence-corrected chi connectivity index (χ2v) is 8.76. The van der Waals surface area contributed by atoms with E-state index in [0.29, 0.717) is 28.8 Å². The molecule has 35 heavy (non-hydrogen) atoms. The van der Waals surface area contributed by atoms with Crippen LogP contribution in [0.25, 0.3) is 33.4 Å². The first kappa shape index (κ1) is 24.6. The maximum atomic E-state index is 14.0. The Labute approximate surface area is 201 Å². The number of nitrogens with zero attached hydrogens (tertiary/aromatic N) is 3. The minimum Gasteiger partial charge on any atom is -0.369 e. The SMILES string of the molecule is Cc1cccc2c(NCCCN(C)C)nc(-c3cccc(-c4cc(F)cc(C(F)(F)F)c4)c3)nc12. The molecule has 0 aliphatic rings. The smallest absolute Gasteiger partial charge is 0.369 e. The van der Waals surface area contributed by atoms with E-state index >= 15 is 0 Å². The maximum absolute atomic E-state index is 14.0. The van der Waals surface area contributed by atoms with Gasteiger partial charge in [-0.05, 0) is 81.0 Å². The van der Waals surface area contributed by atoms with Gasteiger partial charge in [-0.2, -0.15) is 13.2 Å². The summed E-state index contributed by atoms with van der Waals surface area (Å²) in [6.07, 6.45) is -3.71. The number of rotatable bonds is 7. The van der Waals surface area contributed by atoms with Crippen LogP contribution >= 0.6 is 0 Å². The van der Waals surface area contributed by atoms with E-state index in [2.05, 4.69) is 10.2 Å². The lowest BCUT2D eigenvalue weighted by Crippen LogP contribution is -2.17. The molecule has 4 nitrogen and oxygen atoms in total. The zero-order valence-corrected chi connectivity index (χ0v) is 19.7. The quantitative estimate of drug-likeness (QED) is 0.233. The van der Waals surface area contributed by atoms with Crippen molar-refractivity contribution in [3.63, 3.8) is 0 Å². The summed E-state index contributed by atoms with van der Waals surface area (Å²) in [5.74, 6) is 0.196. The summed E-state index contributed by atoms with van der Waals surface area (Å²) in [5, 5.41) is 4.30. The third-order valence-electron chi connectivity index (χ3n) is 5.68. The summed E-state index contributed by atoms with van der Waals surface area (Å²) in [6.45, 7) is 3.62. The molecule has 0 radical (unpaired) electrons. The number of aryl methyl sites for hydroxylation is 1. The zero-order valence-electron chi connectivity index (χ0n) is 19.7. The summed E-state index contributed by atoms with van der Waals surface area (Å²) >= 11 is 0. The summed E-state index contributed by atoms with van der Waals surface area (Å²) in [6, 6.07) is 15.3. The van der Waals surface area contributed by atoms with Crippen LogP contribution in [0.1, 0.15) is 17.5 Å². The average molecular weight is 483 g/mol. The number of anilines is 1. The molecule has 0 saturated carbocycles. The lowest BCUT2D eigenvalue weighted by Gasteiger charge is -2.14. The molecule has 0 aliphatic carbocycles. The van der Waals surface area contributed by atoms with E-state index in [9.17, 15) is 17.6 Å². The first-order valence-corrected chi connectivity index (χ1v) is 11.3. The van der Waals surface area contributed by atoms with E-state index < -0.39 is 17.6 Å². The minimum absolute atomic E-state index is 0.137.